The van der Waals surface area contributed by atoms with Crippen LogP contribution in [0.2, 0.25) is 0 Å². The molecule has 1 aromatic carbocycles. The number of amides is 3. The third-order valence-electron chi connectivity index (χ3n) is 4.39. The highest BCUT2D eigenvalue weighted by atomic mass is 16.2. The summed E-state index contributed by atoms with van der Waals surface area (Å²) in [5, 5.41) is 5.68. The fraction of sp³-hybridized carbons (Fsp3) is 0.556. The fourth-order valence-corrected chi connectivity index (χ4v) is 2.89. The van der Waals surface area contributed by atoms with Crippen molar-refractivity contribution in [3.63, 3.8) is 0 Å². The Bertz CT molecular complexity index is 544. The minimum absolute atomic E-state index is 0.0630. The predicted octanol–water partition coefficient (Wildman–Crippen LogP) is 1.99. The third-order valence-corrected chi connectivity index (χ3v) is 4.39. The lowest BCUT2D eigenvalue weighted by Crippen LogP contribution is -2.41. The summed E-state index contributed by atoms with van der Waals surface area (Å²) in [6.07, 6.45) is 3.91. The van der Waals surface area contributed by atoms with Crippen LogP contribution in [0.4, 0.5) is 10.5 Å². The number of rotatable bonds is 7. The molecule has 4 N–H and O–H groups in total. The number of anilines is 1. The van der Waals surface area contributed by atoms with Gasteiger partial charge in [0, 0.05) is 31.9 Å². The van der Waals surface area contributed by atoms with E-state index in [2.05, 4.69) is 22.5 Å². The van der Waals surface area contributed by atoms with Gasteiger partial charge in [0.1, 0.15) is 0 Å². The number of carbonyl (C=O) groups excluding carboxylic acids is 2. The van der Waals surface area contributed by atoms with Crippen LogP contribution >= 0.6 is 0 Å². The summed E-state index contributed by atoms with van der Waals surface area (Å²) in [6.45, 7) is 4.93. The Morgan fingerprint density at radius 1 is 1.25 bits per heavy atom. The van der Waals surface area contributed by atoms with Gasteiger partial charge in [0.05, 0.1) is 5.92 Å². The maximum absolute atomic E-state index is 11.6. The van der Waals surface area contributed by atoms with Gasteiger partial charge < -0.3 is 21.3 Å². The quantitative estimate of drug-likeness (QED) is 0.667. The molecule has 1 aliphatic heterocycles. The summed E-state index contributed by atoms with van der Waals surface area (Å²) < 4.78 is 0. The van der Waals surface area contributed by atoms with Crippen molar-refractivity contribution in [2.24, 2.45) is 11.7 Å². The normalized spacial score (nSPS) is 17.4. The zero-order valence-corrected chi connectivity index (χ0v) is 14.4. The topological polar surface area (TPSA) is 87.5 Å². The lowest BCUT2D eigenvalue weighted by atomic mass is 9.97. The molecule has 1 aromatic rings. The van der Waals surface area contributed by atoms with E-state index < -0.39 is 0 Å². The molecule has 0 unspecified atom stereocenters. The van der Waals surface area contributed by atoms with Crippen molar-refractivity contribution in [3.8, 4) is 0 Å². The molecule has 1 saturated heterocycles. The molecule has 2 rings (SSSR count). The Morgan fingerprint density at radius 2 is 2.00 bits per heavy atom. The molecule has 0 spiro atoms. The number of nitrogens with two attached hydrogens (primary N) is 1. The summed E-state index contributed by atoms with van der Waals surface area (Å²) in [5.41, 5.74) is 7.57. The molecule has 0 radical (unpaired) electrons. The Labute approximate surface area is 143 Å². The second kappa shape index (κ2) is 9.15. The highest BCUT2D eigenvalue weighted by Crippen LogP contribution is 2.23. The van der Waals surface area contributed by atoms with Gasteiger partial charge in [0.2, 0.25) is 5.91 Å². The standard InChI is InChI=1S/C18H28N4O2/c1-2-3-10-20-18(24)21-12-14-6-8-16(9-7-14)22-11-4-5-15(13-22)17(19)23/h6-9,15H,2-5,10-13H2,1H3,(H2,19,23)(H2,20,21,24)/t15-/m1/s1. The minimum Gasteiger partial charge on any atom is -0.371 e. The number of nitrogens with one attached hydrogen (secondary N) is 2. The zero-order valence-electron chi connectivity index (χ0n) is 14.4. The number of hydrogen-bond acceptors (Lipinski definition) is 3. The number of carbonyl (C=O) groups is 2. The molecule has 0 saturated carbocycles. The van der Waals surface area contributed by atoms with Crippen molar-refractivity contribution in [1.82, 2.24) is 10.6 Å². The summed E-state index contributed by atoms with van der Waals surface area (Å²) >= 11 is 0. The Morgan fingerprint density at radius 3 is 2.67 bits per heavy atom. The number of unbranched alkanes of at least 4 members (excludes halogenated alkanes) is 1. The van der Waals surface area contributed by atoms with E-state index in [4.69, 9.17) is 5.73 Å². The summed E-state index contributed by atoms with van der Waals surface area (Å²) in [7, 11) is 0. The van der Waals surface area contributed by atoms with Crippen molar-refractivity contribution in [2.75, 3.05) is 24.5 Å². The van der Waals surface area contributed by atoms with Crippen molar-refractivity contribution < 1.29 is 9.59 Å². The van der Waals surface area contributed by atoms with Gasteiger partial charge in [-0.2, -0.15) is 0 Å². The van der Waals surface area contributed by atoms with Gasteiger partial charge in [-0.3, -0.25) is 4.79 Å². The first-order chi connectivity index (χ1) is 11.6. The second-order valence-corrected chi connectivity index (χ2v) is 6.32. The van der Waals surface area contributed by atoms with Crippen LogP contribution < -0.4 is 21.3 Å². The molecule has 6 heteroatoms. The fourth-order valence-electron chi connectivity index (χ4n) is 2.89. The van der Waals surface area contributed by atoms with Gasteiger partial charge in [0.25, 0.3) is 0 Å². The van der Waals surface area contributed by atoms with Crippen LogP contribution in [0.5, 0.6) is 0 Å². The molecule has 1 atom stereocenters. The van der Waals surface area contributed by atoms with E-state index in [1.807, 2.05) is 24.3 Å². The van der Waals surface area contributed by atoms with Gasteiger partial charge in [-0.05, 0) is 37.0 Å². The second-order valence-electron chi connectivity index (χ2n) is 6.32. The van der Waals surface area contributed by atoms with Crippen LogP contribution in [-0.4, -0.2) is 31.6 Å². The van der Waals surface area contributed by atoms with Gasteiger partial charge in [-0.1, -0.05) is 25.5 Å². The first-order valence-electron chi connectivity index (χ1n) is 8.75. The van der Waals surface area contributed by atoms with Gasteiger partial charge in [-0.15, -0.1) is 0 Å². The number of urea groups is 1. The van der Waals surface area contributed by atoms with Gasteiger partial charge in [0.15, 0.2) is 0 Å². The van der Waals surface area contributed by atoms with Crippen LogP contribution in [-0.2, 0) is 11.3 Å². The summed E-state index contributed by atoms with van der Waals surface area (Å²) in [5.74, 6) is -0.276. The Kier molecular flexibility index (Phi) is 6.90. The van der Waals surface area contributed by atoms with E-state index in [1.165, 1.54) is 0 Å². The van der Waals surface area contributed by atoms with E-state index in [1.54, 1.807) is 0 Å². The van der Waals surface area contributed by atoms with E-state index in [0.29, 0.717) is 19.6 Å². The highest BCUT2D eigenvalue weighted by Gasteiger charge is 2.23. The third kappa shape index (κ3) is 5.44. The van der Waals surface area contributed by atoms with Crippen molar-refractivity contribution in [3.05, 3.63) is 29.8 Å². The molecule has 24 heavy (non-hydrogen) atoms. The number of hydrogen-bond donors (Lipinski definition) is 3. The number of primary amides is 1. The lowest BCUT2D eigenvalue weighted by Gasteiger charge is -2.33. The zero-order chi connectivity index (χ0) is 17.4. The molecule has 0 bridgehead atoms. The number of benzene rings is 1. The predicted molar refractivity (Wildman–Crippen MR) is 95.7 cm³/mol. The van der Waals surface area contributed by atoms with E-state index in [0.717, 1.165) is 43.5 Å². The first kappa shape index (κ1) is 18.1. The molecule has 0 aliphatic carbocycles. The van der Waals surface area contributed by atoms with E-state index in [9.17, 15) is 9.59 Å². The molecule has 1 heterocycles. The van der Waals surface area contributed by atoms with Crippen LogP contribution in [0, 0.1) is 5.92 Å². The van der Waals surface area contributed by atoms with E-state index in [-0.39, 0.29) is 17.9 Å². The molecular formula is C18H28N4O2. The largest absolute Gasteiger partial charge is 0.371 e. The van der Waals surface area contributed by atoms with Gasteiger partial charge in [-0.25, -0.2) is 4.79 Å². The van der Waals surface area contributed by atoms with Crippen LogP contribution in [0.3, 0.4) is 0 Å². The molecule has 3 amide bonds. The minimum atomic E-state index is -0.213. The van der Waals surface area contributed by atoms with Crippen LogP contribution in [0.1, 0.15) is 38.2 Å². The van der Waals surface area contributed by atoms with Crippen molar-refractivity contribution >= 4 is 17.6 Å². The lowest BCUT2D eigenvalue weighted by molar-refractivity contribution is -0.122. The number of piperidine rings is 1. The average molecular weight is 332 g/mol. The van der Waals surface area contributed by atoms with Crippen molar-refractivity contribution in [1.29, 1.82) is 0 Å². The summed E-state index contributed by atoms with van der Waals surface area (Å²) in [6, 6.07) is 7.96. The Hall–Kier alpha value is -2.24. The Balaban J connectivity index is 1.82. The van der Waals surface area contributed by atoms with Crippen molar-refractivity contribution in [2.45, 2.75) is 39.2 Å². The van der Waals surface area contributed by atoms with Crippen LogP contribution in [0.25, 0.3) is 0 Å². The smallest absolute Gasteiger partial charge is 0.315 e. The molecule has 0 aromatic heterocycles. The molecule has 1 fully saturated rings. The van der Waals surface area contributed by atoms with Crippen LogP contribution in [0.15, 0.2) is 24.3 Å². The molecule has 132 valence electrons. The monoisotopic (exact) mass is 332 g/mol. The summed E-state index contributed by atoms with van der Waals surface area (Å²) in [4.78, 5) is 25.2. The SMILES string of the molecule is CCCCNC(=O)NCc1ccc(N2CCC[C@@H](C(N)=O)C2)cc1. The highest BCUT2D eigenvalue weighted by molar-refractivity contribution is 5.77. The van der Waals surface area contributed by atoms with E-state index >= 15 is 0 Å². The maximum atomic E-state index is 11.6. The molecular weight excluding hydrogens is 304 g/mol. The molecule has 1 aliphatic rings. The van der Waals surface area contributed by atoms with Gasteiger partial charge >= 0.3 is 6.03 Å². The average Bonchev–Trinajstić information content (AvgIpc) is 2.61. The number of nitrogens with zero attached hydrogens (tertiary/aromatic N) is 1. The maximum Gasteiger partial charge on any atom is 0.315 e. The first-order valence-corrected chi connectivity index (χ1v) is 8.75. The molecule has 6 nitrogen and oxygen atoms in total.